The van der Waals surface area contributed by atoms with Crippen molar-refractivity contribution in [1.29, 1.82) is 5.26 Å². The van der Waals surface area contributed by atoms with E-state index in [1.165, 1.54) is 12.1 Å². The third-order valence-electron chi connectivity index (χ3n) is 3.09. The van der Waals surface area contributed by atoms with Crippen LogP contribution in [0.5, 0.6) is 0 Å². The van der Waals surface area contributed by atoms with Gasteiger partial charge in [0.15, 0.2) is 5.82 Å². The fraction of sp³-hybridized carbons (Fsp3) is 0.0667. The molecule has 0 aliphatic rings. The van der Waals surface area contributed by atoms with Crippen LogP contribution in [0.3, 0.4) is 0 Å². The maximum Gasteiger partial charge on any atom is 0.182 e. The second-order valence-electron chi connectivity index (χ2n) is 4.44. The molecule has 0 radical (unpaired) electrons. The molecular formula is C15H10FN5. The summed E-state index contributed by atoms with van der Waals surface area (Å²) in [7, 11) is 0. The Labute approximate surface area is 120 Å². The van der Waals surface area contributed by atoms with Crippen molar-refractivity contribution < 1.29 is 4.39 Å². The molecule has 0 saturated heterocycles. The van der Waals surface area contributed by atoms with Crippen LogP contribution in [0.15, 0.2) is 48.5 Å². The monoisotopic (exact) mass is 279 g/mol. The summed E-state index contributed by atoms with van der Waals surface area (Å²) >= 11 is 0. The van der Waals surface area contributed by atoms with Gasteiger partial charge in [0.1, 0.15) is 5.82 Å². The topological polar surface area (TPSA) is 67.4 Å². The molecule has 0 bridgehead atoms. The number of hydrogen-bond donors (Lipinski definition) is 0. The number of benzene rings is 2. The number of nitrogens with zero attached hydrogens (tertiary/aromatic N) is 5. The van der Waals surface area contributed by atoms with Gasteiger partial charge in [-0.2, -0.15) is 5.26 Å². The van der Waals surface area contributed by atoms with Crippen molar-refractivity contribution in [1.82, 2.24) is 20.2 Å². The smallest absolute Gasteiger partial charge is 0.182 e. The molecule has 0 saturated carbocycles. The fourth-order valence-corrected chi connectivity index (χ4v) is 2.05. The van der Waals surface area contributed by atoms with Crippen molar-refractivity contribution in [2.24, 2.45) is 0 Å². The molecule has 1 aromatic heterocycles. The summed E-state index contributed by atoms with van der Waals surface area (Å²) in [6, 6.07) is 15.4. The van der Waals surface area contributed by atoms with Gasteiger partial charge in [0, 0.05) is 5.56 Å². The molecule has 6 heteroatoms. The minimum Gasteiger partial charge on any atom is -0.221 e. The first kappa shape index (κ1) is 12.9. The Kier molecular flexibility index (Phi) is 3.39. The average molecular weight is 279 g/mol. The molecule has 21 heavy (non-hydrogen) atoms. The van der Waals surface area contributed by atoms with Gasteiger partial charge in [0.05, 0.1) is 18.2 Å². The van der Waals surface area contributed by atoms with Gasteiger partial charge in [-0.05, 0) is 46.3 Å². The zero-order valence-corrected chi connectivity index (χ0v) is 10.9. The van der Waals surface area contributed by atoms with Crippen LogP contribution in [-0.4, -0.2) is 20.2 Å². The zero-order chi connectivity index (χ0) is 14.7. The lowest BCUT2D eigenvalue weighted by Gasteiger charge is -2.06. The standard InChI is InChI=1S/C15H10FN5/c16-14-7-5-11(6-8-14)15-18-19-20-21(15)10-13-4-2-1-3-12(13)9-17/h1-8H,10H2. The van der Waals surface area contributed by atoms with Crippen LogP contribution in [-0.2, 0) is 6.54 Å². The van der Waals surface area contributed by atoms with E-state index >= 15 is 0 Å². The van der Waals surface area contributed by atoms with E-state index in [0.29, 0.717) is 17.9 Å². The van der Waals surface area contributed by atoms with Gasteiger partial charge in [0.25, 0.3) is 0 Å². The van der Waals surface area contributed by atoms with Gasteiger partial charge in [-0.1, -0.05) is 18.2 Å². The van der Waals surface area contributed by atoms with E-state index in [2.05, 4.69) is 21.6 Å². The predicted molar refractivity (Wildman–Crippen MR) is 73.5 cm³/mol. The van der Waals surface area contributed by atoms with E-state index in [1.807, 2.05) is 18.2 Å². The molecule has 0 aliphatic heterocycles. The van der Waals surface area contributed by atoms with Crippen LogP contribution >= 0.6 is 0 Å². The largest absolute Gasteiger partial charge is 0.221 e. The van der Waals surface area contributed by atoms with Gasteiger partial charge in [-0.3, -0.25) is 0 Å². The normalized spacial score (nSPS) is 10.3. The van der Waals surface area contributed by atoms with E-state index < -0.39 is 0 Å². The molecule has 0 spiro atoms. The maximum atomic E-state index is 13.0. The molecule has 0 amide bonds. The van der Waals surface area contributed by atoms with Crippen LogP contribution in [0.1, 0.15) is 11.1 Å². The Hall–Kier alpha value is -3.07. The highest BCUT2D eigenvalue weighted by molar-refractivity contribution is 5.54. The highest BCUT2D eigenvalue weighted by Gasteiger charge is 2.11. The summed E-state index contributed by atoms with van der Waals surface area (Å²) in [5.41, 5.74) is 2.13. The highest BCUT2D eigenvalue weighted by atomic mass is 19.1. The number of aromatic nitrogens is 4. The molecule has 0 N–H and O–H groups in total. The summed E-state index contributed by atoms with van der Waals surface area (Å²) in [6.07, 6.45) is 0. The van der Waals surface area contributed by atoms with Crippen molar-refractivity contribution in [3.63, 3.8) is 0 Å². The van der Waals surface area contributed by atoms with Crippen LogP contribution < -0.4 is 0 Å². The Morgan fingerprint density at radius 3 is 2.62 bits per heavy atom. The van der Waals surface area contributed by atoms with Crippen molar-refractivity contribution in [2.75, 3.05) is 0 Å². The zero-order valence-electron chi connectivity index (χ0n) is 10.9. The second kappa shape index (κ2) is 5.51. The van der Waals surface area contributed by atoms with Gasteiger partial charge in [0.2, 0.25) is 0 Å². The van der Waals surface area contributed by atoms with Crippen LogP contribution in [0.25, 0.3) is 11.4 Å². The molecule has 0 fully saturated rings. The first-order chi connectivity index (χ1) is 10.3. The first-order valence-electron chi connectivity index (χ1n) is 6.28. The van der Waals surface area contributed by atoms with Crippen LogP contribution in [0.4, 0.5) is 4.39 Å². The Morgan fingerprint density at radius 2 is 1.86 bits per heavy atom. The molecular weight excluding hydrogens is 269 g/mol. The quantitative estimate of drug-likeness (QED) is 0.738. The molecule has 3 aromatic rings. The number of rotatable bonds is 3. The molecule has 0 aliphatic carbocycles. The predicted octanol–water partition coefficient (Wildman–Crippen LogP) is 2.40. The second-order valence-corrected chi connectivity index (χ2v) is 4.44. The first-order valence-corrected chi connectivity index (χ1v) is 6.28. The van der Waals surface area contributed by atoms with Crippen molar-refractivity contribution in [3.8, 4) is 17.5 Å². The Bertz CT molecular complexity index is 801. The summed E-state index contributed by atoms with van der Waals surface area (Å²) in [6.45, 7) is 0.378. The van der Waals surface area contributed by atoms with Crippen molar-refractivity contribution >= 4 is 0 Å². The summed E-state index contributed by atoms with van der Waals surface area (Å²) in [4.78, 5) is 0. The number of halogens is 1. The average Bonchev–Trinajstić information content (AvgIpc) is 2.97. The minimum absolute atomic E-state index is 0.312. The molecule has 2 aromatic carbocycles. The van der Waals surface area contributed by atoms with E-state index in [9.17, 15) is 4.39 Å². The number of hydrogen-bond acceptors (Lipinski definition) is 4. The van der Waals surface area contributed by atoms with E-state index in [0.717, 1.165) is 11.1 Å². The van der Waals surface area contributed by atoms with E-state index in [1.54, 1.807) is 22.9 Å². The SMILES string of the molecule is N#Cc1ccccc1Cn1nnnc1-c1ccc(F)cc1. The number of nitriles is 1. The third-order valence-corrected chi connectivity index (χ3v) is 3.09. The lowest BCUT2D eigenvalue weighted by Crippen LogP contribution is -2.06. The van der Waals surface area contributed by atoms with E-state index in [4.69, 9.17) is 5.26 Å². The van der Waals surface area contributed by atoms with Crippen LogP contribution in [0, 0.1) is 17.1 Å². The molecule has 1 heterocycles. The molecule has 3 rings (SSSR count). The summed E-state index contributed by atoms with van der Waals surface area (Å²) < 4.78 is 14.6. The molecule has 5 nitrogen and oxygen atoms in total. The Balaban J connectivity index is 1.96. The molecule has 0 unspecified atom stereocenters. The molecule has 0 atom stereocenters. The third kappa shape index (κ3) is 2.62. The van der Waals surface area contributed by atoms with Crippen LogP contribution in [0.2, 0.25) is 0 Å². The Morgan fingerprint density at radius 1 is 1.10 bits per heavy atom. The van der Waals surface area contributed by atoms with Crippen molar-refractivity contribution in [3.05, 3.63) is 65.5 Å². The van der Waals surface area contributed by atoms with Gasteiger partial charge in [-0.25, -0.2) is 9.07 Å². The van der Waals surface area contributed by atoms with Crippen molar-refractivity contribution in [2.45, 2.75) is 6.54 Å². The van der Waals surface area contributed by atoms with Gasteiger partial charge in [-0.15, -0.1) is 5.10 Å². The summed E-state index contributed by atoms with van der Waals surface area (Å²) in [5, 5.41) is 20.7. The lowest BCUT2D eigenvalue weighted by molar-refractivity contribution is 0.627. The van der Waals surface area contributed by atoms with Gasteiger partial charge >= 0.3 is 0 Å². The number of tetrazole rings is 1. The summed E-state index contributed by atoms with van der Waals surface area (Å²) in [5.74, 6) is 0.218. The van der Waals surface area contributed by atoms with Gasteiger partial charge < -0.3 is 0 Å². The lowest BCUT2D eigenvalue weighted by atomic mass is 10.1. The maximum absolute atomic E-state index is 13.0. The molecule has 102 valence electrons. The highest BCUT2D eigenvalue weighted by Crippen LogP contribution is 2.18. The van der Waals surface area contributed by atoms with E-state index in [-0.39, 0.29) is 5.82 Å². The fourth-order valence-electron chi connectivity index (χ4n) is 2.05. The minimum atomic E-state index is -0.312.